The molecule has 1 aromatic carbocycles. The number of hydrogen-bond donors (Lipinski definition) is 2. The van der Waals surface area contributed by atoms with Crippen molar-refractivity contribution in [2.45, 2.75) is 51.0 Å². The minimum atomic E-state index is 0.611. The van der Waals surface area contributed by atoms with E-state index in [4.69, 9.17) is 5.73 Å². The number of fused-ring (bicyclic) bond motifs is 1. The van der Waals surface area contributed by atoms with Crippen molar-refractivity contribution in [3.05, 3.63) is 59.4 Å². The van der Waals surface area contributed by atoms with Gasteiger partial charge in [0, 0.05) is 23.6 Å². The van der Waals surface area contributed by atoms with E-state index in [1.165, 1.54) is 42.5 Å². The number of unbranched alkanes of at least 4 members (excludes halogenated alkanes) is 2. The zero-order chi connectivity index (χ0) is 15.9. The molecule has 3 rings (SSSR count). The van der Waals surface area contributed by atoms with Crippen molar-refractivity contribution < 1.29 is 0 Å². The standard InChI is InChI=1S/C20H27N3/c21-20-10-6-7-16-15-18(11-12-19(16)20)23-13-4-1-2-8-17-9-3-5-14-22-17/h3,5-7,9-10,14,18,23H,1-2,4,8,11-13,15,21H2. The molecule has 1 aromatic heterocycles. The Morgan fingerprint density at radius 1 is 1.09 bits per heavy atom. The Kier molecular flexibility index (Phi) is 5.65. The average molecular weight is 309 g/mol. The van der Waals surface area contributed by atoms with Gasteiger partial charge in [0.15, 0.2) is 0 Å². The number of nitrogens with two attached hydrogens (primary N) is 1. The number of anilines is 1. The molecule has 1 aliphatic carbocycles. The van der Waals surface area contributed by atoms with Crippen molar-refractivity contribution in [3.63, 3.8) is 0 Å². The molecule has 0 spiro atoms. The van der Waals surface area contributed by atoms with E-state index in [-0.39, 0.29) is 0 Å². The minimum absolute atomic E-state index is 0.611. The molecular weight excluding hydrogens is 282 g/mol. The van der Waals surface area contributed by atoms with Gasteiger partial charge >= 0.3 is 0 Å². The van der Waals surface area contributed by atoms with E-state index in [0.717, 1.165) is 31.5 Å². The van der Waals surface area contributed by atoms with Crippen molar-refractivity contribution in [2.24, 2.45) is 0 Å². The third-order valence-corrected chi connectivity index (χ3v) is 4.79. The van der Waals surface area contributed by atoms with Crippen molar-refractivity contribution in [1.82, 2.24) is 10.3 Å². The summed E-state index contributed by atoms with van der Waals surface area (Å²) in [6.07, 6.45) is 10.1. The van der Waals surface area contributed by atoms with Gasteiger partial charge in [0.1, 0.15) is 0 Å². The van der Waals surface area contributed by atoms with E-state index >= 15 is 0 Å². The molecule has 0 fully saturated rings. The Hall–Kier alpha value is -1.87. The van der Waals surface area contributed by atoms with Crippen molar-refractivity contribution >= 4 is 5.69 Å². The van der Waals surface area contributed by atoms with E-state index in [1.54, 1.807) is 0 Å². The summed E-state index contributed by atoms with van der Waals surface area (Å²) in [6, 6.07) is 13.1. The molecule has 23 heavy (non-hydrogen) atoms. The van der Waals surface area contributed by atoms with Crippen LogP contribution in [0.15, 0.2) is 42.6 Å². The number of pyridine rings is 1. The fraction of sp³-hybridized carbons (Fsp3) is 0.450. The van der Waals surface area contributed by atoms with Gasteiger partial charge in [0.2, 0.25) is 0 Å². The molecule has 1 unspecified atom stereocenters. The van der Waals surface area contributed by atoms with E-state index in [9.17, 15) is 0 Å². The topological polar surface area (TPSA) is 50.9 Å². The van der Waals surface area contributed by atoms with Crippen LogP contribution in [0.3, 0.4) is 0 Å². The molecule has 3 heteroatoms. The second kappa shape index (κ2) is 8.11. The molecule has 3 N–H and O–H groups in total. The number of nitrogens with zero attached hydrogens (tertiary/aromatic N) is 1. The summed E-state index contributed by atoms with van der Waals surface area (Å²) in [5.41, 5.74) is 11.1. The monoisotopic (exact) mass is 309 g/mol. The summed E-state index contributed by atoms with van der Waals surface area (Å²) < 4.78 is 0. The lowest BCUT2D eigenvalue weighted by Crippen LogP contribution is -2.35. The van der Waals surface area contributed by atoms with Crippen LogP contribution in [-0.4, -0.2) is 17.6 Å². The number of nitrogen functional groups attached to an aromatic ring is 1. The summed E-state index contributed by atoms with van der Waals surface area (Å²) >= 11 is 0. The van der Waals surface area contributed by atoms with E-state index in [2.05, 4.69) is 34.6 Å². The van der Waals surface area contributed by atoms with Crippen LogP contribution in [0.25, 0.3) is 0 Å². The predicted molar refractivity (Wildman–Crippen MR) is 96.5 cm³/mol. The molecule has 1 aliphatic rings. The van der Waals surface area contributed by atoms with Gasteiger partial charge in [-0.2, -0.15) is 0 Å². The minimum Gasteiger partial charge on any atom is -0.398 e. The maximum atomic E-state index is 6.06. The number of aryl methyl sites for hydroxylation is 1. The maximum Gasteiger partial charge on any atom is 0.0403 e. The van der Waals surface area contributed by atoms with Crippen LogP contribution in [0.1, 0.15) is 42.5 Å². The predicted octanol–water partition coefficient (Wildman–Crippen LogP) is 3.52. The Balaban J connectivity index is 1.33. The lowest BCUT2D eigenvalue weighted by Gasteiger charge is -2.26. The number of nitrogens with one attached hydrogen (secondary N) is 1. The maximum absolute atomic E-state index is 6.06. The Morgan fingerprint density at radius 2 is 2.04 bits per heavy atom. The van der Waals surface area contributed by atoms with Crippen LogP contribution in [0.4, 0.5) is 5.69 Å². The van der Waals surface area contributed by atoms with E-state index in [1.807, 2.05) is 18.3 Å². The van der Waals surface area contributed by atoms with E-state index in [0.29, 0.717) is 6.04 Å². The molecule has 0 saturated heterocycles. The van der Waals surface area contributed by atoms with Crippen LogP contribution >= 0.6 is 0 Å². The van der Waals surface area contributed by atoms with Gasteiger partial charge in [-0.05, 0) is 74.4 Å². The second-order valence-electron chi connectivity index (χ2n) is 6.51. The van der Waals surface area contributed by atoms with Crippen LogP contribution in [0, 0.1) is 0 Å². The van der Waals surface area contributed by atoms with Gasteiger partial charge in [-0.15, -0.1) is 0 Å². The van der Waals surface area contributed by atoms with Gasteiger partial charge in [-0.1, -0.05) is 24.6 Å². The summed E-state index contributed by atoms with van der Waals surface area (Å²) in [4.78, 5) is 4.37. The zero-order valence-electron chi connectivity index (χ0n) is 13.8. The Bertz CT molecular complexity index is 610. The molecule has 0 bridgehead atoms. The van der Waals surface area contributed by atoms with Crippen LogP contribution in [-0.2, 0) is 19.3 Å². The molecule has 0 amide bonds. The Morgan fingerprint density at radius 3 is 2.91 bits per heavy atom. The number of benzene rings is 1. The SMILES string of the molecule is Nc1cccc2c1CCC(NCCCCCc1ccccn1)C2. The molecule has 3 nitrogen and oxygen atoms in total. The van der Waals surface area contributed by atoms with Gasteiger partial charge in [0.25, 0.3) is 0 Å². The van der Waals surface area contributed by atoms with Crippen LogP contribution < -0.4 is 11.1 Å². The molecular formula is C20H27N3. The Labute approximate surface area is 139 Å². The zero-order valence-corrected chi connectivity index (χ0v) is 13.8. The highest BCUT2D eigenvalue weighted by atomic mass is 14.9. The van der Waals surface area contributed by atoms with Crippen molar-refractivity contribution in [2.75, 3.05) is 12.3 Å². The highest BCUT2D eigenvalue weighted by molar-refractivity contribution is 5.52. The third-order valence-electron chi connectivity index (χ3n) is 4.79. The summed E-state index contributed by atoms with van der Waals surface area (Å²) in [5, 5.41) is 3.72. The largest absolute Gasteiger partial charge is 0.398 e. The lowest BCUT2D eigenvalue weighted by molar-refractivity contribution is 0.449. The van der Waals surface area contributed by atoms with Gasteiger partial charge < -0.3 is 11.1 Å². The lowest BCUT2D eigenvalue weighted by atomic mass is 9.87. The number of rotatable bonds is 7. The average Bonchev–Trinajstić information content (AvgIpc) is 2.59. The number of hydrogen-bond acceptors (Lipinski definition) is 3. The summed E-state index contributed by atoms with van der Waals surface area (Å²) in [7, 11) is 0. The quantitative estimate of drug-likeness (QED) is 0.608. The first kappa shape index (κ1) is 16.0. The highest BCUT2D eigenvalue weighted by Gasteiger charge is 2.19. The van der Waals surface area contributed by atoms with Gasteiger partial charge in [0.05, 0.1) is 0 Å². The smallest absolute Gasteiger partial charge is 0.0403 e. The molecule has 0 aliphatic heterocycles. The first-order chi connectivity index (χ1) is 11.3. The summed E-state index contributed by atoms with van der Waals surface area (Å²) in [6.45, 7) is 1.12. The van der Waals surface area contributed by atoms with Crippen LogP contribution in [0.5, 0.6) is 0 Å². The highest BCUT2D eigenvalue weighted by Crippen LogP contribution is 2.26. The normalized spacial score (nSPS) is 17.0. The van der Waals surface area contributed by atoms with Crippen LogP contribution in [0.2, 0.25) is 0 Å². The van der Waals surface area contributed by atoms with Gasteiger partial charge in [-0.25, -0.2) is 0 Å². The fourth-order valence-corrected chi connectivity index (χ4v) is 3.47. The summed E-state index contributed by atoms with van der Waals surface area (Å²) in [5.74, 6) is 0. The molecule has 1 atom stereocenters. The molecule has 2 aromatic rings. The first-order valence-corrected chi connectivity index (χ1v) is 8.82. The molecule has 122 valence electrons. The van der Waals surface area contributed by atoms with Crippen molar-refractivity contribution in [3.8, 4) is 0 Å². The first-order valence-electron chi connectivity index (χ1n) is 8.82. The second-order valence-corrected chi connectivity index (χ2v) is 6.51. The fourth-order valence-electron chi connectivity index (χ4n) is 3.47. The molecule has 0 saturated carbocycles. The number of aromatic nitrogens is 1. The van der Waals surface area contributed by atoms with Gasteiger partial charge in [-0.3, -0.25) is 4.98 Å². The van der Waals surface area contributed by atoms with Crippen molar-refractivity contribution in [1.29, 1.82) is 0 Å². The molecule has 1 heterocycles. The van der Waals surface area contributed by atoms with E-state index < -0.39 is 0 Å². The third kappa shape index (κ3) is 4.55. The molecule has 0 radical (unpaired) electrons.